The molecule has 0 atom stereocenters. The van der Waals surface area contributed by atoms with E-state index in [1.807, 2.05) is 52.9 Å². The second-order valence-electron chi connectivity index (χ2n) is 10.2. The molecule has 0 unspecified atom stereocenters. The lowest BCUT2D eigenvalue weighted by molar-refractivity contribution is 0.0709. The molecule has 0 radical (unpaired) electrons. The summed E-state index contributed by atoms with van der Waals surface area (Å²) in [6.45, 7) is 8.18. The standard InChI is InChI=1S/C32H35FN4O3/c1-3-16-37(31(38)27-11-5-6-12-28(27)33)22-25-10-8-17-36(25)23-26-14-15-30(40-26)32(39)35-20-18-34(19-21-35)29-13-7-4-9-24(29)2/h4-15,17H,3,16,18-23H2,1-2H3. The lowest BCUT2D eigenvalue weighted by Gasteiger charge is -2.36. The zero-order chi connectivity index (χ0) is 28.1. The molecule has 2 aromatic heterocycles. The number of nitrogens with zero attached hydrogens (tertiary/aromatic N) is 4. The van der Waals surface area contributed by atoms with E-state index in [4.69, 9.17) is 4.42 Å². The van der Waals surface area contributed by atoms with Crippen LogP contribution in [-0.4, -0.2) is 58.9 Å². The van der Waals surface area contributed by atoms with Gasteiger partial charge in [0, 0.05) is 50.3 Å². The number of hydrogen-bond acceptors (Lipinski definition) is 4. The molecule has 1 aliphatic rings. The minimum Gasteiger partial charge on any atom is -0.454 e. The van der Waals surface area contributed by atoms with Gasteiger partial charge in [-0.3, -0.25) is 9.59 Å². The third kappa shape index (κ3) is 5.96. The third-order valence-corrected chi connectivity index (χ3v) is 7.38. The van der Waals surface area contributed by atoms with Gasteiger partial charge in [-0.15, -0.1) is 0 Å². The van der Waals surface area contributed by atoms with Gasteiger partial charge in [0.05, 0.1) is 18.7 Å². The van der Waals surface area contributed by atoms with Crippen molar-refractivity contribution in [3.63, 3.8) is 0 Å². The van der Waals surface area contributed by atoms with Crippen molar-refractivity contribution in [3.8, 4) is 0 Å². The second-order valence-corrected chi connectivity index (χ2v) is 10.2. The van der Waals surface area contributed by atoms with Gasteiger partial charge in [-0.1, -0.05) is 37.3 Å². The normalized spacial score (nSPS) is 13.5. The number of anilines is 1. The van der Waals surface area contributed by atoms with Crippen molar-refractivity contribution < 1.29 is 18.4 Å². The fourth-order valence-electron chi connectivity index (χ4n) is 5.24. The third-order valence-electron chi connectivity index (χ3n) is 7.38. The molecule has 40 heavy (non-hydrogen) atoms. The quantitative estimate of drug-likeness (QED) is 0.277. The number of piperazine rings is 1. The number of hydrogen-bond donors (Lipinski definition) is 0. The minimum atomic E-state index is -0.520. The Labute approximate surface area is 234 Å². The topological polar surface area (TPSA) is 61.9 Å². The lowest BCUT2D eigenvalue weighted by atomic mass is 10.1. The van der Waals surface area contributed by atoms with Crippen LogP contribution in [0.25, 0.3) is 0 Å². The first-order valence-electron chi connectivity index (χ1n) is 13.8. The number of halogens is 1. The summed E-state index contributed by atoms with van der Waals surface area (Å²) >= 11 is 0. The Balaban J connectivity index is 1.22. The number of carbonyl (C=O) groups excluding carboxylic acids is 2. The highest BCUT2D eigenvalue weighted by Gasteiger charge is 2.25. The van der Waals surface area contributed by atoms with Gasteiger partial charge in [0.2, 0.25) is 0 Å². The second kappa shape index (κ2) is 12.2. The van der Waals surface area contributed by atoms with Gasteiger partial charge in [-0.05, 0) is 61.4 Å². The maximum absolute atomic E-state index is 14.3. The number of carbonyl (C=O) groups is 2. The van der Waals surface area contributed by atoms with Gasteiger partial charge >= 0.3 is 0 Å². The van der Waals surface area contributed by atoms with E-state index in [0.29, 0.717) is 44.2 Å². The number of aromatic nitrogens is 1. The predicted molar refractivity (Wildman–Crippen MR) is 153 cm³/mol. The van der Waals surface area contributed by atoms with Crippen LogP contribution >= 0.6 is 0 Å². The highest BCUT2D eigenvalue weighted by atomic mass is 19.1. The van der Waals surface area contributed by atoms with Crippen LogP contribution in [0.2, 0.25) is 0 Å². The van der Waals surface area contributed by atoms with Crippen LogP contribution in [0.3, 0.4) is 0 Å². The Kier molecular flexibility index (Phi) is 8.34. The van der Waals surface area contributed by atoms with Crippen LogP contribution in [0.4, 0.5) is 10.1 Å². The largest absolute Gasteiger partial charge is 0.454 e. The fourth-order valence-corrected chi connectivity index (χ4v) is 5.24. The highest BCUT2D eigenvalue weighted by molar-refractivity contribution is 5.94. The number of furan rings is 1. The molecule has 7 nitrogen and oxygen atoms in total. The molecule has 1 aliphatic heterocycles. The maximum atomic E-state index is 14.3. The van der Waals surface area contributed by atoms with E-state index in [-0.39, 0.29) is 17.4 Å². The summed E-state index contributed by atoms with van der Waals surface area (Å²) in [5.74, 6) is 0.0275. The smallest absolute Gasteiger partial charge is 0.289 e. The zero-order valence-corrected chi connectivity index (χ0v) is 23.1. The lowest BCUT2D eigenvalue weighted by Crippen LogP contribution is -2.48. The molecule has 0 N–H and O–H groups in total. The first kappa shape index (κ1) is 27.2. The van der Waals surface area contributed by atoms with Crippen molar-refractivity contribution >= 4 is 17.5 Å². The van der Waals surface area contributed by atoms with E-state index in [0.717, 1.165) is 25.2 Å². The van der Waals surface area contributed by atoms with Gasteiger partial charge in [-0.2, -0.15) is 0 Å². The number of rotatable bonds is 9. The van der Waals surface area contributed by atoms with Crippen molar-refractivity contribution in [2.45, 2.75) is 33.4 Å². The molecular weight excluding hydrogens is 507 g/mol. The number of amides is 2. The molecule has 4 aromatic rings. The SMILES string of the molecule is CCCN(Cc1cccn1Cc1ccc(C(=O)N2CCN(c3ccccc3C)CC2)o1)C(=O)c1ccccc1F. The Bertz CT molecular complexity index is 1470. The summed E-state index contributed by atoms with van der Waals surface area (Å²) in [5.41, 5.74) is 3.42. The van der Waals surface area contributed by atoms with E-state index in [1.54, 1.807) is 23.1 Å². The monoisotopic (exact) mass is 542 g/mol. The molecule has 8 heteroatoms. The summed E-state index contributed by atoms with van der Waals surface area (Å²) < 4.78 is 22.3. The summed E-state index contributed by atoms with van der Waals surface area (Å²) in [6.07, 6.45) is 2.67. The van der Waals surface area contributed by atoms with Crippen molar-refractivity contribution in [2.75, 3.05) is 37.6 Å². The van der Waals surface area contributed by atoms with Gasteiger partial charge < -0.3 is 23.7 Å². The fraction of sp³-hybridized carbons (Fsp3) is 0.312. The Hall–Kier alpha value is -4.33. The van der Waals surface area contributed by atoms with Crippen LogP contribution in [0.5, 0.6) is 0 Å². The number of benzene rings is 2. The summed E-state index contributed by atoms with van der Waals surface area (Å²) in [7, 11) is 0. The number of para-hydroxylation sites is 1. The molecular formula is C32H35FN4O3. The maximum Gasteiger partial charge on any atom is 0.289 e. The average molecular weight is 543 g/mol. The highest BCUT2D eigenvalue weighted by Crippen LogP contribution is 2.22. The van der Waals surface area contributed by atoms with Gasteiger partial charge in [0.1, 0.15) is 11.6 Å². The molecule has 208 valence electrons. The Morgan fingerprint density at radius 1 is 0.925 bits per heavy atom. The average Bonchev–Trinajstić information content (AvgIpc) is 3.62. The summed E-state index contributed by atoms with van der Waals surface area (Å²) in [5, 5.41) is 0. The molecule has 0 aliphatic carbocycles. The van der Waals surface area contributed by atoms with Gasteiger partial charge in [0.25, 0.3) is 11.8 Å². The number of aryl methyl sites for hydroxylation is 1. The molecule has 5 rings (SSSR count). The van der Waals surface area contributed by atoms with Crippen LogP contribution < -0.4 is 4.90 Å². The molecule has 2 amide bonds. The Morgan fingerprint density at radius 3 is 2.42 bits per heavy atom. The first-order valence-corrected chi connectivity index (χ1v) is 13.8. The molecule has 0 saturated carbocycles. The summed E-state index contributed by atoms with van der Waals surface area (Å²) in [4.78, 5) is 32.1. The van der Waals surface area contributed by atoms with Crippen LogP contribution in [0, 0.1) is 12.7 Å². The molecule has 1 fully saturated rings. The zero-order valence-electron chi connectivity index (χ0n) is 23.1. The van der Waals surface area contributed by atoms with Gasteiger partial charge in [0.15, 0.2) is 5.76 Å². The summed E-state index contributed by atoms with van der Waals surface area (Å²) in [6, 6.07) is 21.8. The molecule has 0 bridgehead atoms. The van der Waals surface area contributed by atoms with E-state index < -0.39 is 5.82 Å². The van der Waals surface area contributed by atoms with Crippen LogP contribution in [0.1, 0.15) is 51.3 Å². The van der Waals surface area contributed by atoms with Gasteiger partial charge in [-0.25, -0.2) is 4.39 Å². The van der Waals surface area contributed by atoms with Crippen LogP contribution in [0.15, 0.2) is 83.4 Å². The molecule has 0 spiro atoms. The van der Waals surface area contributed by atoms with E-state index in [2.05, 4.69) is 24.0 Å². The van der Waals surface area contributed by atoms with Crippen LogP contribution in [-0.2, 0) is 13.1 Å². The van der Waals surface area contributed by atoms with E-state index in [9.17, 15) is 14.0 Å². The molecule has 1 saturated heterocycles. The van der Waals surface area contributed by atoms with Crippen molar-refractivity contribution in [1.29, 1.82) is 0 Å². The van der Waals surface area contributed by atoms with E-state index >= 15 is 0 Å². The van der Waals surface area contributed by atoms with Crippen molar-refractivity contribution in [3.05, 3.63) is 113 Å². The molecule has 2 aromatic carbocycles. The Morgan fingerprint density at radius 2 is 1.68 bits per heavy atom. The predicted octanol–water partition coefficient (Wildman–Crippen LogP) is 5.59. The van der Waals surface area contributed by atoms with E-state index in [1.165, 1.54) is 23.4 Å². The first-order chi connectivity index (χ1) is 19.4. The minimum absolute atomic E-state index is 0.0722. The molecule has 3 heterocycles. The van der Waals surface area contributed by atoms with Crippen molar-refractivity contribution in [1.82, 2.24) is 14.4 Å². The van der Waals surface area contributed by atoms with Crippen molar-refractivity contribution in [2.24, 2.45) is 0 Å².